The average Bonchev–Trinajstić information content (AvgIpc) is 2.50. The van der Waals surface area contributed by atoms with E-state index in [4.69, 9.17) is 17.0 Å². The van der Waals surface area contributed by atoms with Crippen molar-refractivity contribution in [2.45, 2.75) is 0 Å². The lowest BCUT2D eigenvalue weighted by molar-refractivity contribution is 0.414. The van der Waals surface area contributed by atoms with Crippen molar-refractivity contribution >= 4 is 29.2 Å². The largest absolute Gasteiger partial charge is 0.496 e. The number of rotatable bonds is 4. The minimum absolute atomic E-state index is 0.298. The second-order valence-electron chi connectivity index (χ2n) is 4.07. The van der Waals surface area contributed by atoms with Crippen molar-refractivity contribution in [3.63, 3.8) is 0 Å². The van der Waals surface area contributed by atoms with Crippen molar-refractivity contribution in [1.82, 2.24) is 5.43 Å². The van der Waals surface area contributed by atoms with Gasteiger partial charge in [0.05, 0.1) is 13.3 Å². The van der Waals surface area contributed by atoms with Gasteiger partial charge in [0, 0.05) is 11.3 Å². The van der Waals surface area contributed by atoms with Crippen LogP contribution in [-0.4, -0.2) is 18.4 Å². The smallest absolute Gasteiger partial charge is 0.191 e. The summed E-state index contributed by atoms with van der Waals surface area (Å²) in [6.45, 7) is 0. The van der Waals surface area contributed by atoms with Crippen LogP contribution in [0, 0.1) is 5.82 Å². The molecule has 0 aliphatic carbocycles. The Labute approximate surface area is 127 Å². The highest BCUT2D eigenvalue weighted by Crippen LogP contribution is 2.14. The van der Waals surface area contributed by atoms with E-state index in [1.165, 1.54) is 12.1 Å². The molecule has 2 rings (SSSR count). The Kier molecular flexibility index (Phi) is 5.22. The number of nitrogens with one attached hydrogen (secondary N) is 2. The van der Waals surface area contributed by atoms with Gasteiger partial charge in [-0.05, 0) is 48.6 Å². The van der Waals surface area contributed by atoms with Crippen molar-refractivity contribution in [2.75, 3.05) is 12.4 Å². The number of hydrogen-bond donors (Lipinski definition) is 2. The maximum absolute atomic E-state index is 12.8. The van der Waals surface area contributed by atoms with Gasteiger partial charge < -0.3 is 10.1 Å². The van der Waals surface area contributed by atoms with Gasteiger partial charge in [-0.15, -0.1) is 0 Å². The molecule has 0 aromatic heterocycles. The third-order valence-electron chi connectivity index (χ3n) is 2.61. The fourth-order valence-electron chi connectivity index (χ4n) is 1.63. The first-order valence-corrected chi connectivity index (χ1v) is 6.58. The van der Waals surface area contributed by atoms with Crippen LogP contribution in [0.25, 0.3) is 0 Å². The van der Waals surface area contributed by atoms with Crippen LogP contribution in [-0.2, 0) is 0 Å². The highest BCUT2D eigenvalue weighted by molar-refractivity contribution is 7.80. The number of hydrogen-bond acceptors (Lipinski definition) is 3. The first kappa shape index (κ1) is 14.9. The monoisotopic (exact) mass is 303 g/mol. The van der Waals surface area contributed by atoms with Crippen molar-refractivity contribution in [2.24, 2.45) is 5.10 Å². The van der Waals surface area contributed by atoms with Crippen LogP contribution in [0.2, 0.25) is 0 Å². The van der Waals surface area contributed by atoms with Crippen LogP contribution in [0.5, 0.6) is 5.75 Å². The molecule has 0 fully saturated rings. The molecule has 21 heavy (non-hydrogen) atoms. The number of benzene rings is 2. The number of anilines is 1. The van der Waals surface area contributed by atoms with E-state index in [0.29, 0.717) is 10.8 Å². The van der Waals surface area contributed by atoms with Gasteiger partial charge in [-0.2, -0.15) is 5.10 Å². The zero-order chi connectivity index (χ0) is 15.1. The molecule has 0 radical (unpaired) electrons. The summed E-state index contributed by atoms with van der Waals surface area (Å²) >= 11 is 5.08. The van der Waals surface area contributed by atoms with Gasteiger partial charge in [-0.3, -0.25) is 5.43 Å². The van der Waals surface area contributed by atoms with Crippen molar-refractivity contribution in [1.29, 1.82) is 0 Å². The van der Waals surface area contributed by atoms with Gasteiger partial charge in [0.1, 0.15) is 11.6 Å². The summed E-state index contributed by atoms with van der Waals surface area (Å²) in [6, 6.07) is 13.4. The lowest BCUT2D eigenvalue weighted by atomic mass is 10.2. The molecule has 0 saturated heterocycles. The highest BCUT2D eigenvalue weighted by Gasteiger charge is 1.99. The van der Waals surface area contributed by atoms with Crippen molar-refractivity contribution < 1.29 is 9.13 Å². The maximum Gasteiger partial charge on any atom is 0.191 e. The van der Waals surface area contributed by atoms with Gasteiger partial charge in [0.15, 0.2) is 5.11 Å². The summed E-state index contributed by atoms with van der Waals surface area (Å²) in [5.74, 6) is 0.425. The molecule has 4 nitrogen and oxygen atoms in total. The molecule has 2 aromatic rings. The molecule has 0 aliphatic rings. The number of methoxy groups -OCH3 is 1. The summed E-state index contributed by atoms with van der Waals surface area (Å²) in [4.78, 5) is 0. The van der Waals surface area contributed by atoms with E-state index in [9.17, 15) is 4.39 Å². The Bertz CT molecular complexity index is 644. The van der Waals surface area contributed by atoms with Crippen LogP contribution < -0.4 is 15.5 Å². The number of thiocarbonyl (C=S) groups is 1. The van der Waals surface area contributed by atoms with E-state index in [-0.39, 0.29) is 5.82 Å². The molecule has 0 unspecified atom stereocenters. The molecular formula is C15H14FN3OS. The summed E-state index contributed by atoms with van der Waals surface area (Å²) in [5.41, 5.74) is 4.20. The Morgan fingerprint density at radius 1 is 1.19 bits per heavy atom. The fourth-order valence-corrected chi connectivity index (χ4v) is 1.80. The van der Waals surface area contributed by atoms with Crippen LogP contribution in [0.3, 0.4) is 0 Å². The Morgan fingerprint density at radius 2 is 1.90 bits per heavy atom. The van der Waals surface area contributed by atoms with Gasteiger partial charge in [-0.1, -0.05) is 12.1 Å². The van der Waals surface area contributed by atoms with Gasteiger partial charge in [0.2, 0.25) is 0 Å². The summed E-state index contributed by atoms with van der Waals surface area (Å²) in [5, 5.41) is 7.24. The normalized spacial score (nSPS) is 10.4. The summed E-state index contributed by atoms with van der Waals surface area (Å²) < 4.78 is 18.0. The summed E-state index contributed by atoms with van der Waals surface area (Å²) in [7, 11) is 1.60. The lowest BCUT2D eigenvalue weighted by Crippen LogP contribution is -2.23. The third kappa shape index (κ3) is 4.54. The van der Waals surface area contributed by atoms with Crippen LogP contribution in [0.1, 0.15) is 5.56 Å². The van der Waals surface area contributed by atoms with E-state index in [2.05, 4.69) is 15.8 Å². The predicted octanol–water partition coefficient (Wildman–Crippen LogP) is 3.15. The minimum atomic E-state index is -0.298. The van der Waals surface area contributed by atoms with Crippen LogP contribution >= 0.6 is 12.2 Å². The molecule has 0 amide bonds. The predicted molar refractivity (Wildman–Crippen MR) is 86.3 cm³/mol. The van der Waals surface area contributed by atoms with E-state index in [0.717, 1.165) is 11.3 Å². The van der Waals surface area contributed by atoms with Crippen molar-refractivity contribution in [3.8, 4) is 5.75 Å². The second-order valence-corrected chi connectivity index (χ2v) is 4.48. The summed E-state index contributed by atoms with van der Waals surface area (Å²) in [6.07, 6.45) is 1.61. The van der Waals surface area contributed by atoms with Crippen molar-refractivity contribution in [3.05, 3.63) is 59.9 Å². The number of ether oxygens (including phenoxy) is 1. The SMILES string of the molecule is COc1ccccc1/C=N\NC(=S)Nc1ccc(F)cc1. The molecule has 108 valence electrons. The standard InChI is InChI=1S/C15H14FN3OS/c1-20-14-5-3-2-4-11(14)10-17-19-15(21)18-13-8-6-12(16)7-9-13/h2-10H,1H3,(H2,18,19,21)/b17-10-. The Balaban J connectivity index is 1.91. The van der Waals surface area contributed by atoms with Crippen LogP contribution in [0.15, 0.2) is 53.6 Å². The van der Waals surface area contributed by atoms with E-state index in [1.54, 1.807) is 25.5 Å². The quantitative estimate of drug-likeness (QED) is 0.517. The minimum Gasteiger partial charge on any atom is -0.496 e. The van der Waals surface area contributed by atoms with E-state index < -0.39 is 0 Å². The molecule has 0 spiro atoms. The molecule has 0 atom stereocenters. The first-order chi connectivity index (χ1) is 10.2. The molecular weight excluding hydrogens is 289 g/mol. The molecule has 2 N–H and O–H groups in total. The van der Waals surface area contributed by atoms with Gasteiger partial charge in [0.25, 0.3) is 0 Å². The number of para-hydroxylation sites is 1. The third-order valence-corrected chi connectivity index (χ3v) is 2.80. The Hall–Kier alpha value is -2.47. The highest BCUT2D eigenvalue weighted by atomic mass is 32.1. The zero-order valence-corrected chi connectivity index (χ0v) is 12.2. The molecule has 2 aromatic carbocycles. The second kappa shape index (κ2) is 7.35. The van der Waals surface area contributed by atoms with E-state index in [1.807, 2.05) is 24.3 Å². The van der Waals surface area contributed by atoms with Gasteiger partial charge in [-0.25, -0.2) is 4.39 Å². The average molecular weight is 303 g/mol. The van der Waals surface area contributed by atoms with E-state index >= 15 is 0 Å². The Morgan fingerprint density at radius 3 is 2.62 bits per heavy atom. The lowest BCUT2D eigenvalue weighted by Gasteiger charge is -2.07. The number of halogens is 1. The molecule has 0 bridgehead atoms. The molecule has 6 heteroatoms. The number of hydrazone groups is 1. The fraction of sp³-hybridized carbons (Fsp3) is 0.0667. The molecule has 0 saturated carbocycles. The molecule has 0 aliphatic heterocycles. The van der Waals surface area contributed by atoms with Crippen LogP contribution in [0.4, 0.5) is 10.1 Å². The first-order valence-electron chi connectivity index (χ1n) is 6.17. The maximum atomic E-state index is 12.8. The zero-order valence-electron chi connectivity index (χ0n) is 11.3. The van der Waals surface area contributed by atoms with Gasteiger partial charge >= 0.3 is 0 Å². The molecule has 0 heterocycles. The topological polar surface area (TPSA) is 45.6 Å². The number of nitrogens with zero attached hydrogens (tertiary/aromatic N) is 1.